The van der Waals surface area contributed by atoms with Gasteiger partial charge in [0.1, 0.15) is 0 Å². The van der Waals surface area contributed by atoms with Gasteiger partial charge < -0.3 is 15.1 Å². The fraction of sp³-hybridized carbons (Fsp3) is 0.263. The van der Waals surface area contributed by atoms with Gasteiger partial charge >= 0.3 is 6.03 Å². The minimum Gasteiger partial charge on any atom is -0.325 e. The topological polar surface area (TPSA) is 52.7 Å². The van der Waals surface area contributed by atoms with Crippen LogP contribution in [0, 0.1) is 0 Å². The average Bonchev–Trinajstić information content (AvgIpc) is 3.16. The molecule has 0 unspecified atom stereocenters. The Hall–Kier alpha value is -2.82. The van der Waals surface area contributed by atoms with E-state index >= 15 is 0 Å². The highest BCUT2D eigenvalue weighted by atomic mass is 16.2. The highest BCUT2D eigenvalue weighted by Gasteiger charge is 2.18. The van der Waals surface area contributed by atoms with E-state index in [1.54, 1.807) is 41.1 Å². The zero-order valence-electron chi connectivity index (χ0n) is 13.7. The Kier molecular flexibility index (Phi) is 4.79. The van der Waals surface area contributed by atoms with Gasteiger partial charge in [-0.05, 0) is 43.2 Å². The van der Waals surface area contributed by atoms with Crippen molar-refractivity contribution >= 4 is 23.3 Å². The van der Waals surface area contributed by atoms with E-state index in [0.29, 0.717) is 11.3 Å². The van der Waals surface area contributed by atoms with Crippen molar-refractivity contribution in [3.05, 3.63) is 60.2 Å². The molecule has 1 aliphatic heterocycles. The molecule has 124 valence electrons. The summed E-state index contributed by atoms with van der Waals surface area (Å²) in [5.74, 6) is -0.113. The molecule has 1 N–H and O–H groups in total. The zero-order chi connectivity index (χ0) is 16.9. The van der Waals surface area contributed by atoms with Crippen molar-refractivity contribution in [2.75, 3.05) is 30.4 Å². The number of urea groups is 1. The summed E-state index contributed by atoms with van der Waals surface area (Å²) in [6.07, 6.45) is 2.10. The van der Waals surface area contributed by atoms with E-state index in [-0.39, 0.29) is 11.9 Å². The first-order chi connectivity index (χ1) is 11.6. The van der Waals surface area contributed by atoms with Crippen molar-refractivity contribution in [2.45, 2.75) is 12.8 Å². The minimum absolute atomic E-state index is 0.103. The fourth-order valence-electron chi connectivity index (χ4n) is 2.82. The van der Waals surface area contributed by atoms with Crippen molar-refractivity contribution < 1.29 is 9.59 Å². The van der Waals surface area contributed by atoms with Crippen LogP contribution < -0.4 is 10.2 Å². The molecule has 1 saturated heterocycles. The standard InChI is InChI=1S/C19H21N3O2/c1-21(17-10-3-2-4-11-17)18(23)15-8-7-9-16(14-15)20-19(24)22-12-5-6-13-22/h2-4,7-11,14H,5-6,12-13H2,1H3,(H,20,24). The van der Waals surface area contributed by atoms with E-state index in [4.69, 9.17) is 0 Å². The Morgan fingerprint density at radius 1 is 1.00 bits per heavy atom. The smallest absolute Gasteiger partial charge is 0.321 e. The molecule has 1 heterocycles. The van der Waals surface area contributed by atoms with Crippen LogP contribution in [0.1, 0.15) is 23.2 Å². The molecule has 0 radical (unpaired) electrons. The maximum atomic E-state index is 12.6. The molecule has 24 heavy (non-hydrogen) atoms. The van der Waals surface area contributed by atoms with Crippen molar-refractivity contribution in [2.24, 2.45) is 0 Å². The number of benzene rings is 2. The molecule has 0 aromatic heterocycles. The Morgan fingerprint density at radius 2 is 1.71 bits per heavy atom. The van der Waals surface area contributed by atoms with Crippen LogP contribution in [-0.4, -0.2) is 37.0 Å². The van der Waals surface area contributed by atoms with Crippen LogP contribution in [0.2, 0.25) is 0 Å². The van der Waals surface area contributed by atoms with Gasteiger partial charge in [0, 0.05) is 37.1 Å². The third-order valence-corrected chi connectivity index (χ3v) is 4.20. The molecule has 5 nitrogen and oxygen atoms in total. The Balaban J connectivity index is 1.72. The average molecular weight is 323 g/mol. The largest absolute Gasteiger partial charge is 0.325 e. The van der Waals surface area contributed by atoms with Gasteiger partial charge in [-0.25, -0.2) is 4.79 Å². The molecule has 1 fully saturated rings. The first-order valence-corrected chi connectivity index (χ1v) is 8.14. The van der Waals surface area contributed by atoms with Crippen LogP contribution in [0.3, 0.4) is 0 Å². The van der Waals surface area contributed by atoms with E-state index in [1.165, 1.54) is 0 Å². The lowest BCUT2D eigenvalue weighted by Crippen LogP contribution is -2.32. The molecule has 5 heteroatoms. The normalized spacial score (nSPS) is 13.6. The lowest BCUT2D eigenvalue weighted by molar-refractivity contribution is 0.0993. The van der Waals surface area contributed by atoms with Gasteiger partial charge in [-0.2, -0.15) is 0 Å². The predicted octanol–water partition coefficient (Wildman–Crippen LogP) is 3.59. The van der Waals surface area contributed by atoms with Crippen molar-refractivity contribution in [3.63, 3.8) is 0 Å². The number of amides is 3. The van der Waals surface area contributed by atoms with E-state index < -0.39 is 0 Å². The van der Waals surface area contributed by atoms with Gasteiger partial charge in [0.25, 0.3) is 5.91 Å². The summed E-state index contributed by atoms with van der Waals surface area (Å²) in [6, 6.07) is 16.4. The molecule has 3 rings (SSSR count). The van der Waals surface area contributed by atoms with E-state index in [0.717, 1.165) is 31.6 Å². The first kappa shape index (κ1) is 16.1. The lowest BCUT2D eigenvalue weighted by Gasteiger charge is -2.19. The second-order valence-corrected chi connectivity index (χ2v) is 5.90. The molecule has 0 atom stereocenters. The molecule has 3 amide bonds. The summed E-state index contributed by atoms with van der Waals surface area (Å²) >= 11 is 0. The Morgan fingerprint density at radius 3 is 2.42 bits per heavy atom. The SMILES string of the molecule is CN(C(=O)c1cccc(NC(=O)N2CCCC2)c1)c1ccccc1. The maximum Gasteiger partial charge on any atom is 0.321 e. The summed E-state index contributed by atoms with van der Waals surface area (Å²) in [5.41, 5.74) is 2.01. The molecule has 2 aromatic carbocycles. The Labute approximate surface area is 141 Å². The van der Waals surface area contributed by atoms with Crippen LogP contribution >= 0.6 is 0 Å². The molecule has 0 saturated carbocycles. The lowest BCUT2D eigenvalue weighted by atomic mass is 10.1. The van der Waals surface area contributed by atoms with Gasteiger partial charge in [0.15, 0.2) is 0 Å². The number of nitrogens with zero attached hydrogens (tertiary/aromatic N) is 2. The molecule has 0 aliphatic carbocycles. The molecule has 0 bridgehead atoms. The molecule has 0 spiro atoms. The fourth-order valence-corrected chi connectivity index (χ4v) is 2.82. The number of likely N-dealkylation sites (tertiary alicyclic amines) is 1. The van der Waals surface area contributed by atoms with Crippen molar-refractivity contribution in [1.82, 2.24) is 4.90 Å². The van der Waals surface area contributed by atoms with Crippen LogP contribution in [0.4, 0.5) is 16.2 Å². The molecule has 1 aliphatic rings. The molecule has 2 aromatic rings. The quantitative estimate of drug-likeness (QED) is 0.938. The number of carbonyl (C=O) groups is 2. The van der Waals surface area contributed by atoms with Gasteiger partial charge in [-0.1, -0.05) is 24.3 Å². The zero-order valence-corrected chi connectivity index (χ0v) is 13.7. The Bertz CT molecular complexity index is 724. The summed E-state index contributed by atoms with van der Waals surface area (Å²) in [7, 11) is 1.74. The number of hydrogen-bond donors (Lipinski definition) is 1. The summed E-state index contributed by atoms with van der Waals surface area (Å²) < 4.78 is 0. The van der Waals surface area contributed by atoms with E-state index in [2.05, 4.69) is 5.32 Å². The maximum absolute atomic E-state index is 12.6. The number of para-hydroxylation sites is 1. The van der Waals surface area contributed by atoms with Gasteiger partial charge in [-0.3, -0.25) is 4.79 Å². The van der Waals surface area contributed by atoms with Crippen LogP contribution in [0.5, 0.6) is 0 Å². The van der Waals surface area contributed by atoms with E-state index in [9.17, 15) is 9.59 Å². The number of anilines is 2. The van der Waals surface area contributed by atoms with Crippen LogP contribution in [0.25, 0.3) is 0 Å². The first-order valence-electron chi connectivity index (χ1n) is 8.14. The number of hydrogen-bond acceptors (Lipinski definition) is 2. The summed E-state index contributed by atoms with van der Waals surface area (Å²) in [6.45, 7) is 1.59. The molecular formula is C19H21N3O2. The third kappa shape index (κ3) is 3.56. The number of rotatable bonds is 3. The number of nitrogens with one attached hydrogen (secondary N) is 1. The van der Waals surface area contributed by atoms with Gasteiger partial charge in [-0.15, -0.1) is 0 Å². The predicted molar refractivity (Wildman–Crippen MR) is 95.4 cm³/mol. The van der Waals surface area contributed by atoms with Crippen molar-refractivity contribution in [3.8, 4) is 0 Å². The monoisotopic (exact) mass is 323 g/mol. The summed E-state index contributed by atoms with van der Waals surface area (Å²) in [4.78, 5) is 28.2. The van der Waals surface area contributed by atoms with Gasteiger partial charge in [0.2, 0.25) is 0 Å². The molecular weight excluding hydrogens is 302 g/mol. The number of carbonyl (C=O) groups excluding carboxylic acids is 2. The highest BCUT2D eigenvalue weighted by molar-refractivity contribution is 6.06. The van der Waals surface area contributed by atoms with Gasteiger partial charge in [0.05, 0.1) is 0 Å². The van der Waals surface area contributed by atoms with Crippen LogP contribution in [0.15, 0.2) is 54.6 Å². The second kappa shape index (κ2) is 7.17. The van der Waals surface area contributed by atoms with Crippen molar-refractivity contribution in [1.29, 1.82) is 0 Å². The third-order valence-electron chi connectivity index (χ3n) is 4.20. The second-order valence-electron chi connectivity index (χ2n) is 5.90. The summed E-state index contributed by atoms with van der Waals surface area (Å²) in [5, 5.41) is 2.87. The van der Waals surface area contributed by atoms with E-state index in [1.807, 2.05) is 30.3 Å². The minimum atomic E-state index is -0.113. The van der Waals surface area contributed by atoms with Crippen LogP contribution in [-0.2, 0) is 0 Å². The highest BCUT2D eigenvalue weighted by Crippen LogP contribution is 2.18.